The van der Waals surface area contributed by atoms with Gasteiger partial charge in [0.1, 0.15) is 5.82 Å². The summed E-state index contributed by atoms with van der Waals surface area (Å²) in [6.45, 7) is 6.73. The Balaban J connectivity index is 2.00. The molecule has 2 heterocycles. The van der Waals surface area contributed by atoms with Crippen molar-refractivity contribution in [3.05, 3.63) is 50.7 Å². The molecule has 8 heteroatoms. The van der Waals surface area contributed by atoms with E-state index in [4.69, 9.17) is 5.73 Å². The summed E-state index contributed by atoms with van der Waals surface area (Å²) in [4.78, 5) is 43.3. The highest BCUT2D eigenvalue weighted by atomic mass is 32.2. The van der Waals surface area contributed by atoms with Crippen LogP contribution in [0.2, 0.25) is 0 Å². The summed E-state index contributed by atoms with van der Waals surface area (Å²) in [5.74, 6) is 0.0297. The van der Waals surface area contributed by atoms with Gasteiger partial charge in [-0.2, -0.15) is 0 Å². The summed E-state index contributed by atoms with van der Waals surface area (Å²) in [7, 11) is 0. The van der Waals surface area contributed by atoms with Gasteiger partial charge in [0.25, 0.3) is 5.56 Å². The molecule has 1 aliphatic rings. The maximum atomic E-state index is 13.5. The number of nitrogens with zero attached hydrogens (tertiary/aromatic N) is 2. The van der Waals surface area contributed by atoms with Gasteiger partial charge in [-0.25, -0.2) is 4.79 Å². The Morgan fingerprint density at radius 2 is 2.07 bits per heavy atom. The average molecular weight is 417 g/mol. The van der Waals surface area contributed by atoms with Crippen LogP contribution in [0.3, 0.4) is 0 Å². The summed E-state index contributed by atoms with van der Waals surface area (Å²) in [6, 6.07) is 7.95. The number of hydrogen-bond acceptors (Lipinski definition) is 5. The number of hydrogen-bond donors (Lipinski definition) is 2. The third-order valence-corrected chi connectivity index (χ3v) is 6.26. The first-order valence-corrected chi connectivity index (χ1v) is 10.9. The van der Waals surface area contributed by atoms with Crippen molar-refractivity contribution < 1.29 is 4.79 Å². The molecule has 7 nitrogen and oxygen atoms in total. The lowest BCUT2D eigenvalue weighted by molar-refractivity contribution is -0.118. The normalized spacial score (nSPS) is 15.5. The highest BCUT2D eigenvalue weighted by Crippen LogP contribution is 2.38. The van der Waals surface area contributed by atoms with Crippen LogP contribution < -0.4 is 21.9 Å². The Bertz CT molecular complexity index is 987. The van der Waals surface area contributed by atoms with Crippen LogP contribution in [0.5, 0.6) is 0 Å². The molecule has 0 radical (unpaired) electrons. The molecule has 0 aliphatic carbocycles. The molecule has 1 atom stereocenters. The number of aromatic nitrogens is 2. The quantitative estimate of drug-likeness (QED) is 0.723. The number of unbranched alkanes of at least 4 members (excludes halogenated alkanes) is 1. The van der Waals surface area contributed by atoms with Crippen LogP contribution in [-0.2, 0) is 17.8 Å². The topological polar surface area (TPSA) is 101 Å². The number of amides is 1. The average Bonchev–Trinajstić information content (AvgIpc) is 3.10. The lowest BCUT2D eigenvalue weighted by Gasteiger charge is -2.28. The number of nitrogen functional groups attached to an aromatic ring is 1. The maximum Gasteiger partial charge on any atom is 0.330 e. The molecule has 3 rings (SSSR count). The Kier molecular flexibility index (Phi) is 6.52. The molecule has 1 aromatic carbocycles. The minimum atomic E-state index is -0.616. The van der Waals surface area contributed by atoms with Gasteiger partial charge in [0.15, 0.2) is 5.69 Å². The van der Waals surface area contributed by atoms with Gasteiger partial charge < -0.3 is 10.6 Å². The van der Waals surface area contributed by atoms with Gasteiger partial charge in [0.2, 0.25) is 5.91 Å². The third kappa shape index (κ3) is 4.42. The predicted octanol–water partition coefficient (Wildman–Crippen LogP) is 2.62. The van der Waals surface area contributed by atoms with E-state index < -0.39 is 11.2 Å². The maximum absolute atomic E-state index is 13.5. The van der Waals surface area contributed by atoms with Crippen molar-refractivity contribution in [2.75, 3.05) is 17.2 Å². The van der Waals surface area contributed by atoms with Crippen LogP contribution >= 0.6 is 11.8 Å². The fourth-order valence-corrected chi connectivity index (χ4v) is 4.78. The molecular weight excluding hydrogens is 388 g/mol. The van der Waals surface area contributed by atoms with Crippen LogP contribution in [0.4, 0.5) is 11.5 Å². The molecule has 1 aromatic heterocycles. The van der Waals surface area contributed by atoms with E-state index in [9.17, 15) is 14.4 Å². The number of nitrogens with one attached hydrogen (secondary N) is 1. The van der Waals surface area contributed by atoms with Gasteiger partial charge in [0, 0.05) is 18.0 Å². The summed E-state index contributed by atoms with van der Waals surface area (Å²) in [5, 5.41) is -0.319. The van der Waals surface area contributed by atoms with Crippen molar-refractivity contribution in [2.24, 2.45) is 5.92 Å². The molecule has 1 aliphatic heterocycles. The van der Waals surface area contributed by atoms with Gasteiger partial charge in [-0.15, -0.1) is 11.8 Å². The number of fused-ring (bicyclic) bond motifs is 1. The summed E-state index contributed by atoms with van der Waals surface area (Å²) in [5.41, 5.74) is 6.33. The Morgan fingerprint density at radius 1 is 1.34 bits per heavy atom. The first-order chi connectivity index (χ1) is 13.8. The second-order valence-corrected chi connectivity index (χ2v) is 9.00. The van der Waals surface area contributed by atoms with E-state index >= 15 is 0 Å². The van der Waals surface area contributed by atoms with Crippen molar-refractivity contribution in [2.45, 2.75) is 56.7 Å². The number of nitrogens with two attached hydrogens (primary N) is 1. The highest BCUT2D eigenvalue weighted by molar-refractivity contribution is 8.01. The van der Waals surface area contributed by atoms with E-state index in [1.165, 1.54) is 21.2 Å². The van der Waals surface area contributed by atoms with Crippen molar-refractivity contribution in [1.29, 1.82) is 0 Å². The van der Waals surface area contributed by atoms with Crippen LogP contribution in [0.25, 0.3) is 0 Å². The highest BCUT2D eigenvalue weighted by Gasteiger charge is 2.34. The van der Waals surface area contributed by atoms with E-state index in [0.29, 0.717) is 19.5 Å². The first-order valence-electron chi connectivity index (χ1n) is 10.0. The van der Waals surface area contributed by atoms with Crippen LogP contribution in [0.1, 0.15) is 39.2 Å². The van der Waals surface area contributed by atoms with E-state index in [1.54, 1.807) is 0 Å². The number of carbonyl (C=O) groups is 1. The van der Waals surface area contributed by atoms with Crippen molar-refractivity contribution in [3.8, 4) is 0 Å². The van der Waals surface area contributed by atoms with Crippen molar-refractivity contribution in [1.82, 2.24) is 9.55 Å². The van der Waals surface area contributed by atoms with E-state index in [-0.39, 0.29) is 28.6 Å². The molecule has 0 saturated heterocycles. The van der Waals surface area contributed by atoms with E-state index in [1.807, 2.05) is 45.0 Å². The second-order valence-electron chi connectivity index (χ2n) is 7.76. The summed E-state index contributed by atoms with van der Waals surface area (Å²) < 4.78 is 1.36. The van der Waals surface area contributed by atoms with Crippen LogP contribution in [-0.4, -0.2) is 27.3 Å². The number of thioether (sulfide) groups is 1. The molecule has 0 saturated carbocycles. The Morgan fingerprint density at radius 3 is 2.72 bits per heavy atom. The number of rotatable bonds is 7. The first kappa shape index (κ1) is 21.2. The number of aromatic amines is 1. The molecule has 156 valence electrons. The number of carbonyl (C=O) groups excluding carboxylic acids is 1. The summed E-state index contributed by atoms with van der Waals surface area (Å²) in [6.07, 6.45) is 2.25. The fraction of sp³-hybridized carbons (Fsp3) is 0.476. The SMILES string of the molecule is CCCCn1c(N)c(N(CC(C)C)C(=O)C2Cc3ccccc3S2)c(=O)[nH]c1=O. The van der Waals surface area contributed by atoms with Gasteiger partial charge in [0.05, 0.1) is 5.25 Å². The number of H-pyrrole nitrogens is 1. The van der Waals surface area contributed by atoms with Gasteiger partial charge >= 0.3 is 5.69 Å². The lowest BCUT2D eigenvalue weighted by atomic mass is 10.1. The van der Waals surface area contributed by atoms with Gasteiger partial charge in [-0.1, -0.05) is 45.4 Å². The van der Waals surface area contributed by atoms with Gasteiger partial charge in [-0.3, -0.25) is 19.1 Å². The smallest absolute Gasteiger partial charge is 0.330 e. The zero-order valence-corrected chi connectivity index (χ0v) is 17.9. The van der Waals surface area contributed by atoms with Crippen LogP contribution in [0, 0.1) is 5.92 Å². The van der Waals surface area contributed by atoms with Crippen molar-refractivity contribution in [3.63, 3.8) is 0 Å². The Labute approximate surface area is 174 Å². The van der Waals surface area contributed by atoms with E-state index in [2.05, 4.69) is 4.98 Å². The second kappa shape index (κ2) is 8.90. The molecule has 1 unspecified atom stereocenters. The van der Waals surface area contributed by atoms with Crippen molar-refractivity contribution >= 4 is 29.2 Å². The predicted molar refractivity (Wildman–Crippen MR) is 118 cm³/mol. The molecule has 0 bridgehead atoms. The molecule has 29 heavy (non-hydrogen) atoms. The molecule has 2 aromatic rings. The lowest BCUT2D eigenvalue weighted by Crippen LogP contribution is -2.45. The number of benzene rings is 1. The Hall–Kier alpha value is -2.48. The zero-order chi connectivity index (χ0) is 21.1. The van der Waals surface area contributed by atoms with E-state index in [0.717, 1.165) is 23.3 Å². The molecule has 3 N–H and O–H groups in total. The van der Waals surface area contributed by atoms with Crippen LogP contribution in [0.15, 0.2) is 38.8 Å². The zero-order valence-electron chi connectivity index (χ0n) is 17.1. The molecule has 1 amide bonds. The number of anilines is 2. The third-order valence-electron chi connectivity index (χ3n) is 4.96. The molecule has 0 spiro atoms. The minimum Gasteiger partial charge on any atom is -0.383 e. The summed E-state index contributed by atoms with van der Waals surface area (Å²) >= 11 is 1.51. The largest absolute Gasteiger partial charge is 0.383 e. The monoisotopic (exact) mass is 416 g/mol. The minimum absolute atomic E-state index is 0.0571. The standard InChI is InChI=1S/C21H28N4O3S/c1-4-5-10-24-18(22)17(19(26)23-21(24)28)25(12-13(2)3)20(27)16-11-14-8-6-7-9-15(14)29-16/h6-9,13,16H,4-5,10-12,22H2,1-3H3,(H,23,26,28). The van der Waals surface area contributed by atoms with Gasteiger partial charge in [-0.05, 0) is 30.4 Å². The molecule has 0 fully saturated rings. The molecular formula is C21H28N4O3S. The fourth-order valence-electron chi connectivity index (χ4n) is 3.53.